The van der Waals surface area contributed by atoms with Crippen LogP contribution in [0.1, 0.15) is 145 Å². The lowest BCUT2D eigenvalue weighted by atomic mass is 9.84. The number of benzene rings is 4. The molecule has 0 saturated heterocycles. The molecule has 0 aliphatic heterocycles. The number of amides is 2. The van der Waals surface area contributed by atoms with Crippen LogP contribution in [0.15, 0.2) is 81.7 Å². The van der Waals surface area contributed by atoms with Crippen molar-refractivity contribution >= 4 is 49.4 Å². The number of nitrogens with two attached hydrogens (primary N) is 1. The first-order valence-electron chi connectivity index (χ1n) is 20.7. The molecule has 0 atom stereocenters. The summed E-state index contributed by atoms with van der Waals surface area (Å²) < 4.78 is 4.18. The van der Waals surface area contributed by atoms with Crippen LogP contribution in [0, 0.1) is 33.1 Å². The molecular weight excluding hydrogens is 876 g/mol. The second-order valence-electron chi connectivity index (χ2n) is 19.0. The number of halogens is 2. The lowest BCUT2D eigenvalue weighted by molar-refractivity contribution is -0.124. The van der Waals surface area contributed by atoms with Crippen molar-refractivity contribution in [3.63, 3.8) is 0 Å². The fourth-order valence-electron chi connectivity index (χ4n) is 6.40. The molecule has 0 aliphatic rings. The molecule has 0 aliphatic carbocycles. The van der Waals surface area contributed by atoms with E-state index < -0.39 is 0 Å². The number of carbonyl (C=O) groups excluding carboxylic acids is 2. The molecule has 5 aromatic rings. The van der Waals surface area contributed by atoms with Gasteiger partial charge in [0.2, 0.25) is 5.91 Å². The molecule has 324 valence electrons. The molecule has 4 N–H and O–H groups in total. The average molecular weight is 945 g/mol. The van der Waals surface area contributed by atoms with Gasteiger partial charge in [-0.05, 0) is 115 Å². The van der Waals surface area contributed by atoms with Gasteiger partial charge in [0.1, 0.15) is 5.82 Å². The lowest BCUT2D eigenvalue weighted by Crippen LogP contribution is -2.30. The van der Waals surface area contributed by atoms with Crippen molar-refractivity contribution in [1.82, 2.24) is 20.2 Å². The molecule has 5 rings (SSSR count). The molecule has 8 nitrogen and oxygen atoms in total. The van der Waals surface area contributed by atoms with Crippen molar-refractivity contribution in [2.75, 3.05) is 5.32 Å². The molecule has 1 aromatic heterocycles. The first-order chi connectivity index (χ1) is 27.7. The summed E-state index contributed by atoms with van der Waals surface area (Å²) in [5.41, 5.74) is 13.0. The highest BCUT2D eigenvalue weighted by Gasteiger charge is 2.30. The summed E-state index contributed by atoms with van der Waals surface area (Å²) in [5.74, 6) is 6.64. The van der Waals surface area contributed by atoms with Crippen molar-refractivity contribution in [3.8, 4) is 17.1 Å². The van der Waals surface area contributed by atoms with Crippen LogP contribution in [-0.2, 0) is 21.0 Å². The molecular formula is C50H68Br2N6O2. The molecule has 2 amide bonds. The van der Waals surface area contributed by atoms with E-state index in [-0.39, 0.29) is 33.5 Å². The Morgan fingerprint density at radius 1 is 0.667 bits per heavy atom. The Bertz CT molecular complexity index is 2250. The molecule has 0 saturated carbocycles. The van der Waals surface area contributed by atoms with Crippen LogP contribution in [0.4, 0.5) is 5.69 Å². The molecule has 0 radical (unpaired) electrons. The maximum atomic E-state index is 12.3. The number of anilines is 1. The summed E-state index contributed by atoms with van der Waals surface area (Å²) >= 11 is 6.84. The Hall–Kier alpha value is -4.12. The minimum Gasteiger partial charge on any atom is -0.325 e. The molecule has 0 spiro atoms. The van der Waals surface area contributed by atoms with Crippen LogP contribution < -0.4 is 16.6 Å². The van der Waals surface area contributed by atoms with Crippen molar-refractivity contribution in [3.05, 3.63) is 127 Å². The smallest absolute Gasteiger partial charge is 0.265 e. The summed E-state index contributed by atoms with van der Waals surface area (Å²) in [6.07, 6.45) is 1.82. The maximum absolute atomic E-state index is 12.3. The van der Waals surface area contributed by atoms with Gasteiger partial charge < -0.3 is 5.32 Å². The molecule has 0 fully saturated rings. The zero-order chi connectivity index (χ0) is 45.5. The first kappa shape index (κ1) is 50.2. The Labute approximate surface area is 377 Å². The molecule has 0 bridgehead atoms. The summed E-state index contributed by atoms with van der Waals surface area (Å²) in [6.45, 7) is 34.6. The van der Waals surface area contributed by atoms with Crippen molar-refractivity contribution in [2.45, 2.75) is 140 Å². The number of nitrogen functional groups attached to an aromatic ring is 1. The third kappa shape index (κ3) is 12.7. The molecule has 0 unspecified atom stereocenters. The van der Waals surface area contributed by atoms with Gasteiger partial charge in [-0.1, -0.05) is 157 Å². The largest absolute Gasteiger partial charge is 0.325 e. The van der Waals surface area contributed by atoms with E-state index in [0.29, 0.717) is 5.56 Å². The monoisotopic (exact) mass is 942 g/mol. The zero-order valence-corrected chi connectivity index (χ0v) is 42.0. The normalized spacial score (nSPS) is 11.8. The highest BCUT2D eigenvalue weighted by atomic mass is 79.9. The van der Waals surface area contributed by atoms with Gasteiger partial charge in [0, 0.05) is 36.6 Å². The predicted octanol–water partition coefficient (Wildman–Crippen LogP) is 13.3. The summed E-state index contributed by atoms with van der Waals surface area (Å²) in [5, 5.41) is 12.5. The lowest BCUT2D eigenvalue weighted by Gasteiger charge is -2.27. The van der Waals surface area contributed by atoms with Crippen molar-refractivity contribution in [1.29, 1.82) is 0 Å². The van der Waals surface area contributed by atoms with Crippen LogP contribution in [0.3, 0.4) is 0 Å². The second-order valence-corrected chi connectivity index (χ2v) is 20.9. The van der Waals surface area contributed by atoms with E-state index in [9.17, 15) is 9.59 Å². The number of hydrazine groups is 1. The minimum absolute atomic E-state index is 0.0845. The van der Waals surface area contributed by atoms with Crippen LogP contribution in [0.2, 0.25) is 0 Å². The number of aromatic nitrogens is 3. The Morgan fingerprint density at radius 3 is 1.58 bits per heavy atom. The van der Waals surface area contributed by atoms with E-state index in [1.165, 1.54) is 27.9 Å². The number of carbonyl (C=O) groups is 2. The second kappa shape index (κ2) is 20.2. The third-order valence-corrected chi connectivity index (χ3v) is 12.2. The number of aryl methyl sites for hydroxylation is 4. The maximum Gasteiger partial charge on any atom is 0.265 e. The summed E-state index contributed by atoms with van der Waals surface area (Å²) in [6, 6.07) is 24.3. The average Bonchev–Trinajstić information content (AvgIpc) is 3.61. The number of rotatable bonds is 8. The van der Waals surface area contributed by atoms with E-state index in [4.69, 9.17) is 10.9 Å². The van der Waals surface area contributed by atoms with Gasteiger partial charge in [-0.3, -0.25) is 19.6 Å². The van der Waals surface area contributed by atoms with Gasteiger partial charge in [0.05, 0.1) is 5.69 Å². The SMILES string of the molecule is CCC(C)(C)C(=O)Nc1c(C)cc(C(C)(C)C)cc1C.CCC(C)(C)c1nnc(-c2cccc(Br)c2)n1-c1c(C)cc(C(C)(C)C)cc1C.NNC(=O)c1cccc(Br)c1. The van der Waals surface area contributed by atoms with Crippen molar-refractivity contribution in [2.24, 2.45) is 11.3 Å². The van der Waals surface area contributed by atoms with E-state index in [2.05, 4.69) is 173 Å². The van der Waals surface area contributed by atoms with E-state index in [1.54, 1.807) is 18.2 Å². The Morgan fingerprint density at radius 2 is 1.15 bits per heavy atom. The van der Waals surface area contributed by atoms with E-state index in [1.807, 2.05) is 44.4 Å². The number of nitrogens with one attached hydrogen (secondary N) is 2. The fraction of sp³-hybridized carbons (Fsp3) is 0.440. The van der Waals surface area contributed by atoms with Gasteiger partial charge in [0.15, 0.2) is 5.82 Å². The van der Waals surface area contributed by atoms with Crippen LogP contribution >= 0.6 is 31.9 Å². The van der Waals surface area contributed by atoms with Gasteiger partial charge in [-0.15, -0.1) is 10.2 Å². The van der Waals surface area contributed by atoms with E-state index in [0.717, 1.165) is 55.8 Å². The summed E-state index contributed by atoms with van der Waals surface area (Å²) in [4.78, 5) is 23.2. The highest BCUT2D eigenvalue weighted by molar-refractivity contribution is 9.10. The Balaban J connectivity index is 0.000000267. The Kier molecular flexibility index (Phi) is 16.9. The van der Waals surface area contributed by atoms with E-state index >= 15 is 0 Å². The zero-order valence-electron chi connectivity index (χ0n) is 38.8. The number of hydrogen-bond donors (Lipinski definition) is 3. The van der Waals surface area contributed by atoms with Crippen LogP contribution in [0.25, 0.3) is 17.1 Å². The topological polar surface area (TPSA) is 115 Å². The minimum atomic E-state index is -0.332. The predicted molar refractivity (Wildman–Crippen MR) is 259 cm³/mol. The number of hydrogen-bond acceptors (Lipinski definition) is 5. The number of nitrogens with zero attached hydrogens (tertiary/aromatic N) is 3. The molecule has 10 heteroatoms. The summed E-state index contributed by atoms with van der Waals surface area (Å²) in [7, 11) is 0. The van der Waals surface area contributed by atoms with Gasteiger partial charge in [-0.2, -0.15) is 0 Å². The van der Waals surface area contributed by atoms with Crippen LogP contribution in [0.5, 0.6) is 0 Å². The quantitative estimate of drug-likeness (QED) is 0.0814. The van der Waals surface area contributed by atoms with Gasteiger partial charge in [0.25, 0.3) is 5.91 Å². The van der Waals surface area contributed by atoms with Crippen molar-refractivity contribution < 1.29 is 9.59 Å². The third-order valence-electron chi connectivity index (χ3n) is 11.2. The first-order valence-corrected chi connectivity index (χ1v) is 22.3. The van der Waals surface area contributed by atoms with Gasteiger partial charge in [-0.25, -0.2) is 5.84 Å². The van der Waals surface area contributed by atoms with Crippen LogP contribution in [-0.4, -0.2) is 26.6 Å². The molecule has 60 heavy (non-hydrogen) atoms. The fourth-order valence-corrected chi connectivity index (χ4v) is 7.20. The standard InChI is InChI=1S/C25H32BrN3.C18H29NO.C7H7BrN2O/c1-9-25(7,8)23-28-27-22(18-11-10-12-20(26)15-18)29(23)21-16(2)13-19(14-17(21)3)24(4,5)6;1-9-18(7,8)16(20)19-15-12(2)10-14(11-13(15)3)17(4,5)6;8-6-3-1-2-5(4-6)7(11)10-9/h10-15H,9H2,1-8H3;10-11H,9H2,1-8H3,(H,19,20);1-4H,9H2,(H,10,11). The molecule has 1 heterocycles. The van der Waals surface area contributed by atoms with Gasteiger partial charge >= 0.3 is 0 Å². The highest BCUT2D eigenvalue weighted by Crippen LogP contribution is 2.37. The molecule has 4 aromatic carbocycles.